The van der Waals surface area contributed by atoms with Gasteiger partial charge in [0.25, 0.3) is 11.8 Å². The maximum absolute atomic E-state index is 13.7. The summed E-state index contributed by atoms with van der Waals surface area (Å²) in [5.74, 6) is 1.01. The van der Waals surface area contributed by atoms with Crippen molar-refractivity contribution in [3.8, 4) is 17.6 Å². The third-order valence-electron chi connectivity index (χ3n) is 8.34. The number of benzene rings is 2. The van der Waals surface area contributed by atoms with Gasteiger partial charge in [0.05, 0.1) is 22.4 Å². The molecule has 1 saturated heterocycles. The molecular formula is C34H30N6O4S. The number of para-hydroxylation sites is 1. The Bertz CT molecular complexity index is 1910. The number of nitrogens with zero attached hydrogens (tertiary/aromatic N) is 4. The highest BCUT2D eigenvalue weighted by Crippen LogP contribution is 2.47. The Morgan fingerprint density at radius 2 is 1.93 bits per heavy atom. The van der Waals surface area contributed by atoms with Crippen LogP contribution in [-0.2, 0) is 4.79 Å². The van der Waals surface area contributed by atoms with Gasteiger partial charge in [0.15, 0.2) is 0 Å². The van der Waals surface area contributed by atoms with Crippen LogP contribution in [0.5, 0.6) is 11.5 Å². The van der Waals surface area contributed by atoms with Gasteiger partial charge in [-0.1, -0.05) is 30.3 Å². The number of piperidine rings is 1. The number of hydrogen-bond donors (Lipinski definition) is 2. The molecule has 1 atom stereocenters. The average molecular weight is 619 g/mol. The Morgan fingerprint density at radius 3 is 2.71 bits per heavy atom. The highest BCUT2D eigenvalue weighted by Gasteiger charge is 2.35. The standard InChI is InChI=1S/C34H30N6O4S/c1-20-25(10-5-11-27(20)44-24-8-3-2-4-9-24)40-26-14-15-36-32-28(26)29(38-34(40)43)30(45-32)31(41)37-23-7-6-16-39(19-23)33(42)22(18-35)17-21-12-13-21/h2-5,8-11,14-15,17,21,23H,6-7,12-13,16,19H2,1H3,(H,37,41)(H,38,43)/b22-17+. The first-order valence-electron chi connectivity index (χ1n) is 15.0. The fourth-order valence-corrected chi connectivity index (χ4v) is 6.93. The highest BCUT2D eigenvalue weighted by atomic mass is 32.1. The van der Waals surface area contributed by atoms with Crippen LogP contribution >= 0.6 is 11.3 Å². The number of pyridine rings is 1. The number of rotatable bonds is 7. The van der Waals surface area contributed by atoms with Gasteiger partial charge in [-0.3, -0.25) is 14.5 Å². The van der Waals surface area contributed by atoms with E-state index in [0.29, 0.717) is 75.5 Å². The van der Waals surface area contributed by atoms with Crippen molar-refractivity contribution >= 4 is 56.5 Å². The number of thiophene rings is 1. The van der Waals surface area contributed by atoms with Crippen molar-refractivity contribution in [3.05, 3.63) is 82.9 Å². The number of carbonyl (C=O) groups excluding carboxylic acids is 3. The fraction of sp³-hybridized carbons (Fsp3) is 0.265. The molecular weight excluding hydrogens is 588 g/mol. The summed E-state index contributed by atoms with van der Waals surface area (Å²) in [5.41, 5.74) is 2.65. The van der Waals surface area contributed by atoms with Crippen LogP contribution in [0.2, 0.25) is 0 Å². The molecule has 2 aliphatic heterocycles. The van der Waals surface area contributed by atoms with E-state index in [1.807, 2.05) is 55.5 Å². The van der Waals surface area contributed by atoms with E-state index in [0.717, 1.165) is 18.4 Å². The summed E-state index contributed by atoms with van der Waals surface area (Å²) >= 11 is 1.22. The predicted octanol–water partition coefficient (Wildman–Crippen LogP) is 6.66. The Kier molecular flexibility index (Phi) is 7.43. The van der Waals surface area contributed by atoms with Crippen LogP contribution in [0.4, 0.5) is 21.9 Å². The molecule has 7 rings (SSSR count). The Hall–Kier alpha value is -5.21. The maximum atomic E-state index is 13.7. The van der Waals surface area contributed by atoms with E-state index in [1.54, 1.807) is 28.1 Å². The number of aromatic nitrogens is 1. The van der Waals surface area contributed by atoms with E-state index in [9.17, 15) is 19.6 Å². The van der Waals surface area contributed by atoms with Crippen molar-refractivity contribution in [2.75, 3.05) is 23.3 Å². The number of nitriles is 1. The molecule has 0 bridgehead atoms. The molecule has 4 aromatic rings. The Labute approximate surface area is 263 Å². The number of amides is 4. The van der Waals surface area contributed by atoms with Crippen LogP contribution < -0.4 is 20.3 Å². The van der Waals surface area contributed by atoms with E-state index in [4.69, 9.17) is 4.74 Å². The molecule has 4 heterocycles. The third-order valence-corrected chi connectivity index (χ3v) is 9.44. The van der Waals surface area contributed by atoms with Crippen LogP contribution in [0.3, 0.4) is 0 Å². The molecule has 0 radical (unpaired) electrons. The van der Waals surface area contributed by atoms with Gasteiger partial charge >= 0.3 is 6.03 Å². The summed E-state index contributed by atoms with van der Waals surface area (Å²) in [5, 5.41) is 16.3. The van der Waals surface area contributed by atoms with E-state index in [1.165, 1.54) is 11.3 Å². The van der Waals surface area contributed by atoms with E-state index in [-0.39, 0.29) is 23.4 Å². The van der Waals surface area contributed by atoms with Gasteiger partial charge in [0, 0.05) is 30.9 Å². The molecule has 1 saturated carbocycles. The van der Waals surface area contributed by atoms with Gasteiger partial charge < -0.3 is 20.3 Å². The van der Waals surface area contributed by atoms with Crippen molar-refractivity contribution in [1.29, 1.82) is 5.26 Å². The fourth-order valence-electron chi connectivity index (χ4n) is 5.91. The number of anilines is 3. The van der Waals surface area contributed by atoms with Crippen molar-refractivity contribution in [2.45, 2.75) is 38.6 Å². The molecule has 45 heavy (non-hydrogen) atoms. The van der Waals surface area contributed by atoms with Crippen molar-refractivity contribution in [1.82, 2.24) is 15.2 Å². The second-order valence-corrected chi connectivity index (χ2v) is 12.5. The molecule has 1 unspecified atom stereocenters. The smallest absolute Gasteiger partial charge is 0.331 e. The summed E-state index contributed by atoms with van der Waals surface area (Å²) in [6.07, 6.45) is 6.84. The SMILES string of the molecule is Cc1c(Oc2ccccc2)cccc1N1C(=O)Nc2c(C(=O)NC3CCCN(C(=O)/C(C#N)=C/C4CC4)C3)sc3nccc1c23. The van der Waals surface area contributed by atoms with Gasteiger partial charge in [0.1, 0.15) is 32.8 Å². The molecule has 1 aliphatic carbocycles. The summed E-state index contributed by atoms with van der Waals surface area (Å²) in [6.45, 7) is 2.76. The molecule has 0 spiro atoms. The minimum Gasteiger partial charge on any atom is -0.457 e. The molecule has 2 N–H and O–H groups in total. The first-order chi connectivity index (χ1) is 21.9. The van der Waals surface area contributed by atoms with E-state index >= 15 is 0 Å². The van der Waals surface area contributed by atoms with Crippen molar-refractivity contribution in [3.63, 3.8) is 0 Å². The molecule has 2 fully saturated rings. The van der Waals surface area contributed by atoms with E-state index in [2.05, 4.69) is 21.7 Å². The zero-order chi connectivity index (χ0) is 31.1. The molecule has 11 heteroatoms. The zero-order valence-electron chi connectivity index (χ0n) is 24.6. The number of likely N-dealkylation sites (tertiary alicyclic amines) is 1. The van der Waals surface area contributed by atoms with E-state index < -0.39 is 6.03 Å². The normalized spacial score (nSPS) is 17.9. The summed E-state index contributed by atoms with van der Waals surface area (Å²) in [6, 6.07) is 18.2. The van der Waals surface area contributed by atoms with Crippen molar-refractivity contribution < 1.29 is 19.1 Å². The summed E-state index contributed by atoms with van der Waals surface area (Å²) in [4.78, 5) is 49.2. The lowest BCUT2D eigenvalue weighted by Gasteiger charge is -2.33. The Morgan fingerprint density at radius 1 is 1.11 bits per heavy atom. The summed E-state index contributed by atoms with van der Waals surface area (Å²) in [7, 11) is 0. The lowest BCUT2D eigenvalue weighted by molar-refractivity contribution is -0.128. The second-order valence-electron chi connectivity index (χ2n) is 11.5. The quantitative estimate of drug-likeness (QED) is 0.176. The van der Waals surface area contributed by atoms with Crippen molar-refractivity contribution in [2.24, 2.45) is 5.92 Å². The number of urea groups is 1. The Balaban J connectivity index is 1.15. The van der Waals surface area contributed by atoms with Gasteiger partial charge in [-0.15, -0.1) is 11.3 Å². The predicted molar refractivity (Wildman–Crippen MR) is 172 cm³/mol. The molecule has 2 aromatic heterocycles. The molecule has 3 aliphatic rings. The molecule has 10 nitrogen and oxygen atoms in total. The number of carbonyl (C=O) groups is 3. The monoisotopic (exact) mass is 618 g/mol. The number of hydrogen-bond acceptors (Lipinski definition) is 7. The lowest BCUT2D eigenvalue weighted by Crippen LogP contribution is -2.50. The van der Waals surface area contributed by atoms with Crippen LogP contribution in [0, 0.1) is 24.2 Å². The maximum Gasteiger partial charge on any atom is 0.331 e. The van der Waals surface area contributed by atoms with Crippen LogP contribution in [0.15, 0.2) is 72.4 Å². The second kappa shape index (κ2) is 11.7. The van der Waals surface area contributed by atoms with Gasteiger partial charge in [0.2, 0.25) is 0 Å². The number of nitrogens with one attached hydrogen (secondary N) is 2. The largest absolute Gasteiger partial charge is 0.457 e. The van der Waals surface area contributed by atoms with Crippen LogP contribution in [-0.4, -0.2) is 46.9 Å². The average Bonchev–Trinajstić information content (AvgIpc) is 3.80. The molecule has 4 amide bonds. The van der Waals surface area contributed by atoms with Gasteiger partial charge in [-0.05, 0) is 68.9 Å². The lowest BCUT2D eigenvalue weighted by atomic mass is 10.0. The number of ether oxygens (including phenoxy) is 1. The van der Waals surface area contributed by atoms with Crippen LogP contribution in [0.25, 0.3) is 10.2 Å². The molecule has 2 aromatic carbocycles. The first kappa shape index (κ1) is 28.6. The zero-order valence-corrected chi connectivity index (χ0v) is 25.4. The highest BCUT2D eigenvalue weighted by molar-refractivity contribution is 7.21. The van der Waals surface area contributed by atoms with Crippen LogP contribution in [0.1, 0.15) is 40.9 Å². The minimum atomic E-state index is -0.400. The van der Waals surface area contributed by atoms with Gasteiger partial charge in [-0.2, -0.15) is 5.26 Å². The molecule has 226 valence electrons. The first-order valence-corrected chi connectivity index (χ1v) is 15.8. The topological polar surface area (TPSA) is 128 Å². The summed E-state index contributed by atoms with van der Waals surface area (Å²) < 4.78 is 6.12. The minimum absolute atomic E-state index is 0.177. The number of allylic oxidation sites excluding steroid dienone is 1. The van der Waals surface area contributed by atoms with Gasteiger partial charge in [-0.25, -0.2) is 9.78 Å². The third kappa shape index (κ3) is 5.49.